The van der Waals surface area contributed by atoms with Crippen molar-refractivity contribution in [1.29, 1.82) is 0 Å². The van der Waals surface area contributed by atoms with Gasteiger partial charge in [0.2, 0.25) is 0 Å². The van der Waals surface area contributed by atoms with Crippen LogP contribution in [0.5, 0.6) is 11.5 Å². The first kappa shape index (κ1) is 14.2. The second-order valence-corrected chi connectivity index (χ2v) is 4.88. The van der Waals surface area contributed by atoms with Gasteiger partial charge in [0.05, 0.1) is 20.8 Å². The molecule has 4 heteroatoms. The average molecular weight is 265 g/mol. The molecule has 106 valence electrons. The highest BCUT2D eigenvalue weighted by Gasteiger charge is 2.20. The van der Waals surface area contributed by atoms with Crippen molar-refractivity contribution in [2.45, 2.75) is 25.4 Å². The van der Waals surface area contributed by atoms with Gasteiger partial charge in [-0.3, -0.25) is 0 Å². The fourth-order valence-corrected chi connectivity index (χ4v) is 2.71. The second kappa shape index (κ2) is 6.78. The molecule has 0 saturated carbocycles. The first-order valence-corrected chi connectivity index (χ1v) is 6.74. The maximum atomic E-state index is 5.41. The Kier molecular flexibility index (Phi) is 5.05. The van der Waals surface area contributed by atoms with Crippen molar-refractivity contribution in [3.63, 3.8) is 0 Å². The Morgan fingerprint density at radius 1 is 1.16 bits per heavy atom. The topological polar surface area (TPSA) is 39.7 Å². The molecular formula is C15H23NO3. The monoisotopic (exact) mass is 265 g/mol. The van der Waals surface area contributed by atoms with Crippen LogP contribution in [-0.4, -0.2) is 34.4 Å². The van der Waals surface area contributed by atoms with Crippen molar-refractivity contribution >= 4 is 0 Å². The Hall–Kier alpha value is -1.26. The maximum Gasteiger partial charge on any atom is 0.161 e. The Bertz CT molecular complexity index is 414. The van der Waals surface area contributed by atoms with Crippen molar-refractivity contribution in [3.8, 4) is 11.5 Å². The molecule has 1 aromatic rings. The number of piperidine rings is 1. The molecule has 2 rings (SSSR count). The van der Waals surface area contributed by atoms with E-state index in [1.165, 1.54) is 24.0 Å². The first-order valence-electron chi connectivity index (χ1n) is 6.74. The van der Waals surface area contributed by atoms with Gasteiger partial charge in [-0.05, 0) is 48.6 Å². The van der Waals surface area contributed by atoms with Gasteiger partial charge in [0.25, 0.3) is 0 Å². The van der Waals surface area contributed by atoms with Crippen molar-refractivity contribution < 1.29 is 14.2 Å². The molecule has 1 aliphatic heterocycles. The molecule has 1 fully saturated rings. The lowest BCUT2D eigenvalue weighted by Crippen LogP contribution is -2.29. The molecule has 4 nitrogen and oxygen atoms in total. The van der Waals surface area contributed by atoms with Crippen LogP contribution in [0.15, 0.2) is 12.1 Å². The van der Waals surface area contributed by atoms with Gasteiger partial charge in [0.15, 0.2) is 11.5 Å². The van der Waals surface area contributed by atoms with E-state index >= 15 is 0 Å². The second-order valence-electron chi connectivity index (χ2n) is 4.88. The van der Waals surface area contributed by atoms with Crippen LogP contribution in [0.1, 0.15) is 29.9 Å². The summed E-state index contributed by atoms with van der Waals surface area (Å²) in [6.07, 6.45) is 2.42. The highest BCUT2D eigenvalue weighted by Crippen LogP contribution is 2.36. The summed E-state index contributed by atoms with van der Waals surface area (Å²) in [5.41, 5.74) is 2.50. The number of hydrogen-bond donors (Lipinski definition) is 1. The van der Waals surface area contributed by atoms with E-state index < -0.39 is 0 Å². The molecule has 1 unspecified atom stereocenters. The molecule has 0 radical (unpaired) electrons. The van der Waals surface area contributed by atoms with Gasteiger partial charge >= 0.3 is 0 Å². The molecule has 19 heavy (non-hydrogen) atoms. The summed E-state index contributed by atoms with van der Waals surface area (Å²) >= 11 is 0. The third-order valence-corrected chi connectivity index (χ3v) is 3.68. The predicted octanol–water partition coefficient (Wildman–Crippen LogP) is 2.32. The van der Waals surface area contributed by atoms with Crippen molar-refractivity contribution in [1.82, 2.24) is 5.32 Å². The van der Waals surface area contributed by atoms with Crippen LogP contribution in [0.4, 0.5) is 0 Å². The Morgan fingerprint density at radius 3 is 2.47 bits per heavy atom. The van der Waals surface area contributed by atoms with Crippen LogP contribution < -0.4 is 14.8 Å². The van der Waals surface area contributed by atoms with E-state index in [9.17, 15) is 0 Å². The zero-order chi connectivity index (χ0) is 13.7. The zero-order valence-electron chi connectivity index (χ0n) is 12.0. The Morgan fingerprint density at radius 2 is 1.89 bits per heavy atom. The molecule has 1 saturated heterocycles. The van der Waals surface area contributed by atoms with Gasteiger partial charge < -0.3 is 19.5 Å². The molecule has 1 aliphatic rings. The third kappa shape index (κ3) is 3.19. The van der Waals surface area contributed by atoms with Crippen LogP contribution in [0, 0.1) is 0 Å². The molecule has 0 aromatic heterocycles. The van der Waals surface area contributed by atoms with Gasteiger partial charge in [0, 0.05) is 13.7 Å². The number of ether oxygens (including phenoxy) is 3. The number of rotatable bonds is 5. The third-order valence-electron chi connectivity index (χ3n) is 3.68. The fraction of sp³-hybridized carbons (Fsp3) is 0.600. The minimum Gasteiger partial charge on any atom is -0.493 e. The molecule has 1 N–H and O–H groups in total. The molecular weight excluding hydrogens is 242 g/mol. The van der Waals surface area contributed by atoms with Gasteiger partial charge in [-0.1, -0.05) is 0 Å². The first-order chi connectivity index (χ1) is 9.30. The van der Waals surface area contributed by atoms with Gasteiger partial charge in [-0.2, -0.15) is 0 Å². The Balaban J connectivity index is 2.37. The van der Waals surface area contributed by atoms with Crippen LogP contribution >= 0.6 is 0 Å². The van der Waals surface area contributed by atoms with E-state index in [1.54, 1.807) is 21.3 Å². The van der Waals surface area contributed by atoms with E-state index in [4.69, 9.17) is 14.2 Å². The number of hydrogen-bond acceptors (Lipinski definition) is 4. The van der Waals surface area contributed by atoms with Crippen molar-refractivity contribution in [3.05, 3.63) is 23.3 Å². The smallest absolute Gasteiger partial charge is 0.161 e. The molecule has 0 spiro atoms. The van der Waals surface area contributed by atoms with E-state index in [0.717, 1.165) is 24.6 Å². The number of benzene rings is 1. The minimum absolute atomic E-state index is 0.527. The van der Waals surface area contributed by atoms with Crippen LogP contribution in [0.2, 0.25) is 0 Å². The van der Waals surface area contributed by atoms with E-state index in [1.807, 2.05) is 6.07 Å². The van der Waals surface area contributed by atoms with Gasteiger partial charge in [0.1, 0.15) is 0 Å². The average Bonchev–Trinajstić information content (AvgIpc) is 2.48. The lowest BCUT2D eigenvalue weighted by Gasteiger charge is -2.26. The fourth-order valence-electron chi connectivity index (χ4n) is 2.71. The molecule has 1 heterocycles. The molecule has 1 aromatic carbocycles. The normalized spacial score (nSPS) is 19.2. The summed E-state index contributed by atoms with van der Waals surface area (Å²) in [5, 5.41) is 3.46. The summed E-state index contributed by atoms with van der Waals surface area (Å²) in [6, 6.07) is 4.14. The lowest BCUT2D eigenvalue weighted by molar-refractivity contribution is 0.183. The molecule has 0 bridgehead atoms. The number of methoxy groups -OCH3 is 3. The van der Waals surface area contributed by atoms with Crippen LogP contribution in [-0.2, 0) is 11.3 Å². The zero-order valence-corrected chi connectivity index (χ0v) is 12.0. The maximum absolute atomic E-state index is 5.41. The summed E-state index contributed by atoms with van der Waals surface area (Å²) in [5.74, 6) is 2.09. The van der Waals surface area contributed by atoms with Gasteiger partial charge in [-0.25, -0.2) is 0 Å². The molecule has 1 atom stereocenters. The largest absolute Gasteiger partial charge is 0.493 e. The van der Waals surface area contributed by atoms with Crippen LogP contribution in [0.3, 0.4) is 0 Å². The van der Waals surface area contributed by atoms with Crippen LogP contribution in [0.25, 0.3) is 0 Å². The summed E-state index contributed by atoms with van der Waals surface area (Å²) in [4.78, 5) is 0. The van der Waals surface area contributed by atoms with E-state index in [0.29, 0.717) is 12.5 Å². The van der Waals surface area contributed by atoms with Crippen molar-refractivity contribution in [2.24, 2.45) is 0 Å². The van der Waals surface area contributed by atoms with Crippen molar-refractivity contribution in [2.75, 3.05) is 34.4 Å². The summed E-state index contributed by atoms with van der Waals surface area (Å²) in [7, 11) is 5.06. The summed E-state index contributed by atoms with van der Waals surface area (Å²) < 4.78 is 16.1. The lowest BCUT2D eigenvalue weighted by atomic mass is 9.88. The SMILES string of the molecule is COCc1cc(OC)c(OC)cc1C1CCCNC1. The van der Waals surface area contributed by atoms with Gasteiger partial charge in [-0.15, -0.1) is 0 Å². The van der Waals surface area contributed by atoms with E-state index in [-0.39, 0.29) is 0 Å². The summed E-state index contributed by atoms with van der Waals surface area (Å²) in [6.45, 7) is 2.74. The highest BCUT2D eigenvalue weighted by molar-refractivity contribution is 5.48. The Labute approximate surface area is 115 Å². The predicted molar refractivity (Wildman–Crippen MR) is 75.1 cm³/mol. The van der Waals surface area contributed by atoms with E-state index in [2.05, 4.69) is 11.4 Å². The standard InChI is InChI=1S/C15H23NO3/c1-17-10-12-7-14(18-2)15(19-3)8-13(12)11-5-4-6-16-9-11/h7-8,11,16H,4-6,9-10H2,1-3H3. The number of nitrogens with one attached hydrogen (secondary N) is 1. The highest BCUT2D eigenvalue weighted by atomic mass is 16.5. The minimum atomic E-state index is 0.527. The molecule has 0 amide bonds. The quantitative estimate of drug-likeness (QED) is 0.887. The molecule has 0 aliphatic carbocycles.